The molecule has 2 aromatic rings. The van der Waals surface area contributed by atoms with Crippen LogP contribution < -0.4 is 5.32 Å². The van der Waals surface area contributed by atoms with Crippen LogP contribution in [0.5, 0.6) is 0 Å². The molecule has 0 spiro atoms. The molecule has 1 saturated heterocycles. The Kier molecular flexibility index (Phi) is 4.77. The second kappa shape index (κ2) is 7.55. The number of fused-ring (bicyclic) bond motifs is 1. The number of hydrogen-bond donors (Lipinski definition) is 1. The first kappa shape index (κ1) is 17.7. The van der Waals surface area contributed by atoms with Crippen LogP contribution >= 0.6 is 0 Å². The molecule has 2 atom stereocenters. The quantitative estimate of drug-likeness (QED) is 0.867. The Balaban J connectivity index is 1.48. The normalized spacial score (nSPS) is 25.2. The van der Waals surface area contributed by atoms with Gasteiger partial charge < -0.3 is 15.0 Å². The fourth-order valence-corrected chi connectivity index (χ4v) is 4.78. The van der Waals surface area contributed by atoms with Crippen molar-refractivity contribution in [3.63, 3.8) is 0 Å². The van der Waals surface area contributed by atoms with Gasteiger partial charge in [-0.1, -0.05) is 36.4 Å². The van der Waals surface area contributed by atoms with Crippen molar-refractivity contribution in [3.8, 4) is 0 Å². The molecule has 0 aliphatic carbocycles. The van der Waals surface area contributed by atoms with Gasteiger partial charge in [0, 0.05) is 6.54 Å². The lowest BCUT2D eigenvalue weighted by atomic mass is 9.88. The molecule has 3 heterocycles. The van der Waals surface area contributed by atoms with Gasteiger partial charge in [-0.2, -0.15) is 0 Å². The predicted octanol–water partition coefficient (Wildman–Crippen LogP) is 3.53. The topological polar surface area (TPSA) is 36.9 Å². The fraction of sp³-hybridized carbons (Fsp3) is 0.435. The van der Waals surface area contributed by atoms with E-state index in [0.29, 0.717) is 12.5 Å². The molecule has 1 N–H and O–H groups in total. The molecular weight excluding hydrogens is 353 g/mol. The van der Waals surface area contributed by atoms with E-state index in [2.05, 4.69) is 34.5 Å². The van der Waals surface area contributed by atoms with Crippen molar-refractivity contribution in [1.82, 2.24) is 10.2 Å². The van der Waals surface area contributed by atoms with E-state index >= 15 is 0 Å². The Hall–Kier alpha value is -2.40. The van der Waals surface area contributed by atoms with Crippen molar-refractivity contribution in [1.29, 1.82) is 0 Å². The van der Waals surface area contributed by atoms with E-state index in [4.69, 9.17) is 9.73 Å². The van der Waals surface area contributed by atoms with Crippen LogP contribution in [0.4, 0.5) is 4.39 Å². The highest BCUT2D eigenvalue weighted by atomic mass is 19.1. The molecule has 0 aromatic heterocycles. The summed E-state index contributed by atoms with van der Waals surface area (Å²) in [4.78, 5) is 7.29. The number of amidine groups is 1. The molecule has 5 heteroatoms. The number of halogens is 1. The number of ether oxygens (including phenoxy) is 1. The van der Waals surface area contributed by atoms with Gasteiger partial charge in [-0.15, -0.1) is 0 Å². The van der Waals surface area contributed by atoms with Crippen LogP contribution in [0.15, 0.2) is 53.5 Å². The Morgan fingerprint density at radius 2 is 1.82 bits per heavy atom. The molecule has 0 radical (unpaired) electrons. The van der Waals surface area contributed by atoms with Crippen molar-refractivity contribution in [3.05, 3.63) is 71.0 Å². The molecule has 1 fully saturated rings. The van der Waals surface area contributed by atoms with Gasteiger partial charge in [-0.3, -0.25) is 0 Å². The minimum Gasteiger partial charge on any atom is -0.463 e. The Labute approximate surface area is 165 Å². The van der Waals surface area contributed by atoms with Gasteiger partial charge >= 0.3 is 0 Å². The third kappa shape index (κ3) is 3.28. The van der Waals surface area contributed by atoms with Gasteiger partial charge in [-0.25, -0.2) is 9.38 Å². The zero-order valence-corrected chi connectivity index (χ0v) is 16.0. The number of piperidine rings is 1. The molecular formula is C23H26FN3O. The SMILES string of the molecule is Fc1ccc([C@H]2c3ccccc3CCN2C2=NC(C3CCNCC3)CO2)cc1. The lowest BCUT2D eigenvalue weighted by Gasteiger charge is -2.38. The molecule has 5 rings (SSSR count). The van der Waals surface area contributed by atoms with Crippen LogP contribution in [0, 0.1) is 11.7 Å². The fourth-order valence-electron chi connectivity index (χ4n) is 4.78. The third-order valence-electron chi connectivity index (χ3n) is 6.30. The van der Waals surface area contributed by atoms with Crippen LogP contribution in [-0.2, 0) is 11.2 Å². The van der Waals surface area contributed by atoms with Gasteiger partial charge in [0.05, 0.1) is 12.1 Å². The highest BCUT2D eigenvalue weighted by Crippen LogP contribution is 2.37. The average Bonchev–Trinajstić information content (AvgIpc) is 3.24. The summed E-state index contributed by atoms with van der Waals surface area (Å²) in [5.74, 6) is 0.389. The minimum absolute atomic E-state index is 0.0103. The standard InChI is InChI=1S/C23H26FN3O/c24-19-7-5-18(6-8-19)22-20-4-2-1-3-16(20)11-14-27(22)23-26-21(15-28-23)17-9-12-25-13-10-17/h1-8,17,21-22,25H,9-15H2/t21?,22-/m0/s1. The van der Waals surface area contributed by atoms with E-state index in [0.717, 1.165) is 50.5 Å². The Morgan fingerprint density at radius 3 is 2.64 bits per heavy atom. The highest BCUT2D eigenvalue weighted by Gasteiger charge is 2.36. The molecule has 3 aliphatic rings. The number of aliphatic imine (C=N–C) groups is 1. The van der Waals surface area contributed by atoms with Crippen LogP contribution in [0.2, 0.25) is 0 Å². The van der Waals surface area contributed by atoms with Gasteiger partial charge in [0.1, 0.15) is 12.4 Å². The van der Waals surface area contributed by atoms with Gasteiger partial charge in [0.2, 0.25) is 0 Å². The highest BCUT2D eigenvalue weighted by molar-refractivity contribution is 5.77. The maximum Gasteiger partial charge on any atom is 0.288 e. The van der Waals surface area contributed by atoms with Crippen LogP contribution in [0.25, 0.3) is 0 Å². The largest absolute Gasteiger partial charge is 0.463 e. The molecule has 0 amide bonds. The van der Waals surface area contributed by atoms with Crippen molar-refractivity contribution in [2.24, 2.45) is 10.9 Å². The van der Waals surface area contributed by atoms with Crippen LogP contribution in [-0.4, -0.2) is 43.2 Å². The number of rotatable bonds is 2. The summed E-state index contributed by atoms with van der Waals surface area (Å²) in [5, 5.41) is 3.43. The smallest absolute Gasteiger partial charge is 0.288 e. The summed E-state index contributed by atoms with van der Waals surface area (Å²) in [5.41, 5.74) is 3.68. The molecule has 28 heavy (non-hydrogen) atoms. The second-order valence-corrected chi connectivity index (χ2v) is 7.97. The van der Waals surface area contributed by atoms with E-state index in [9.17, 15) is 4.39 Å². The molecule has 0 bridgehead atoms. The summed E-state index contributed by atoms with van der Waals surface area (Å²) in [6.45, 7) is 3.67. The molecule has 0 saturated carbocycles. The van der Waals surface area contributed by atoms with E-state index in [1.807, 2.05) is 12.1 Å². The van der Waals surface area contributed by atoms with Crippen LogP contribution in [0.1, 0.15) is 35.6 Å². The van der Waals surface area contributed by atoms with E-state index in [1.165, 1.54) is 11.1 Å². The lowest BCUT2D eigenvalue weighted by molar-refractivity contribution is 0.204. The van der Waals surface area contributed by atoms with Crippen molar-refractivity contribution >= 4 is 6.02 Å². The molecule has 146 valence electrons. The second-order valence-electron chi connectivity index (χ2n) is 7.97. The van der Waals surface area contributed by atoms with Gasteiger partial charge in [0.15, 0.2) is 0 Å². The van der Waals surface area contributed by atoms with E-state index in [1.54, 1.807) is 12.1 Å². The molecule has 3 aliphatic heterocycles. The lowest BCUT2D eigenvalue weighted by Crippen LogP contribution is -2.40. The number of nitrogens with zero attached hydrogens (tertiary/aromatic N) is 2. The number of nitrogens with one attached hydrogen (secondary N) is 1. The molecule has 4 nitrogen and oxygen atoms in total. The maximum atomic E-state index is 13.5. The summed E-state index contributed by atoms with van der Waals surface area (Å²) < 4.78 is 19.7. The zero-order valence-electron chi connectivity index (χ0n) is 16.0. The van der Waals surface area contributed by atoms with Crippen molar-refractivity contribution < 1.29 is 9.13 Å². The summed E-state index contributed by atoms with van der Waals surface area (Å²) in [6, 6.07) is 16.4. The molecule has 1 unspecified atom stereocenters. The van der Waals surface area contributed by atoms with Gasteiger partial charge in [-0.05, 0) is 67.1 Å². The summed E-state index contributed by atoms with van der Waals surface area (Å²) in [6.07, 6.45) is 3.29. The third-order valence-corrected chi connectivity index (χ3v) is 6.30. The van der Waals surface area contributed by atoms with Crippen LogP contribution in [0.3, 0.4) is 0 Å². The van der Waals surface area contributed by atoms with E-state index < -0.39 is 0 Å². The minimum atomic E-state index is -0.208. The zero-order chi connectivity index (χ0) is 18.9. The first-order valence-electron chi connectivity index (χ1n) is 10.3. The first-order valence-corrected chi connectivity index (χ1v) is 10.3. The average molecular weight is 379 g/mol. The summed E-state index contributed by atoms with van der Waals surface area (Å²) >= 11 is 0. The van der Waals surface area contributed by atoms with Gasteiger partial charge in [0.25, 0.3) is 6.02 Å². The predicted molar refractivity (Wildman–Crippen MR) is 108 cm³/mol. The maximum absolute atomic E-state index is 13.5. The first-order chi connectivity index (χ1) is 13.8. The van der Waals surface area contributed by atoms with E-state index in [-0.39, 0.29) is 17.9 Å². The monoisotopic (exact) mass is 379 g/mol. The van der Waals surface area contributed by atoms with Crippen molar-refractivity contribution in [2.75, 3.05) is 26.2 Å². The Bertz CT molecular complexity index is 860. The Morgan fingerprint density at radius 1 is 1.04 bits per heavy atom. The summed E-state index contributed by atoms with van der Waals surface area (Å²) in [7, 11) is 0. The molecule has 2 aromatic carbocycles. The number of benzene rings is 2. The van der Waals surface area contributed by atoms with Crippen molar-refractivity contribution in [2.45, 2.75) is 31.3 Å². The number of hydrogen-bond acceptors (Lipinski definition) is 4.